The first-order valence-corrected chi connectivity index (χ1v) is 8.02. The first-order valence-electron chi connectivity index (χ1n) is 8.02. The fourth-order valence-electron chi connectivity index (χ4n) is 3.21. The molecule has 2 nitrogen and oxygen atoms in total. The Kier molecular flexibility index (Phi) is 6.04. The van der Waals surface area contributed by atoms with E-state index in [0.29, 0.717) is 23.2 Å². The van der Waals surface area contributed by atoms with Gasteiger partial charge in [-0.15, -0.1) is 0 Å². The third-order valence-corrected chi connectivity index (χ3v) is 4.68. The van der Waals surface area contributed by atoms with Crippen molar-refractivity contribution in [1.82, 2.24) is 4.90 Å². The molecule has 0 aromatic carbocycles. The number of carbonyl (C=O) groups excluding carboxylic acids is 1. The number of Topliss-reactive ketones (excluding diaryl/α,β-unsaturated/α-hetero) is 1. The number of nitrogens with zero attached hydrogens (tertiary/aromatic N) is 1. The Labute approximate surface area is 119 Å². The van der Waals surface area contributed by atoms with Crippen LogP contribution in [0.3, 0.4) is 0 Å². The molecule has 0 aromatic heterocycles. The smallest absolute Gasteiger partial charge is 0.137 e. The molecule has 1 aliphatic rings. The van der Waals surface area contributed by atoms with Crippen molar-refractivity contribution < 1.29 is 4.79 Å². The SMILES string of the molecule is CCCN(CC1CC(C(C)(C)C)CCC1=O)C(C)C. The molecule has 0 bridgehead atoms. The highest BCUT2D eigenvalue weighted by Crippen LogP contribution is 2.39. The van der Waals surface area contributed by atoms with Gasteiger partial charge in [-0.3, -0.25) is 4.79 Å². The summed E-state index contributed by atoms with van der Waals surface area (Å²) in [7, 11) is 0. The molecular formula is C17H33NO. The van der Waals surface area contributed by atoms with Gasteiger partial charge in [-0.1, -0.05) is 27.7 Å². The summed E-state index contributed by atoms with van der Waals surface area (Å²) >= 11 is 0. The van der Waals surface area contributed by atoms with E-state index in [1.165, 1.54) is 6.42 Å². The lowest BCUT2D eigenvalue weighted by Gasteiger charge is -2.39. The molecule has 0 radical (unpaired) electrons. The highest BCUT2D eigenvalue weighted by Gasteiger charge is 2.35. The molecule has 0 aromatic rings. The third kappa shape index (κ3) is 4.91. The summed E-state index contributed by atoms with van der Waals surface area (Å²) < 4.78 is 0. The van der Waals surface area contributed by atoms with Crippen molar-refractivity contribution in [3.8, 4) is 0 Å². The van der Waals surface area contributed by atoms with Crippen LogP contribution in [-0.2, 0) is 4.79 Å². The predicted molar refractivity (Wildman–Crippen MR) is 82.3 cm³/mol. The second-order valence-corrected chi connectivity index (χ2v) is 7.59. The van der Waals surface area contributed by atoms with E-state index >= 15 is 0 Å². The first-order chi connectivity index (χ1) is 8.75. The Morgan fingerprint density at radius 2 is 1.95 bits per heavy atom. The van der Waals surface area contributed by atoms with Gasteiger partial charge in [0.15, 0.2) is 0 Å². The zero-order valence-electron chi connectivity index (χ0n) is 13.8. The summed E-state index contributed by atoms with van der Waals surface area (Å²) in [6, 6.07) is 0.544. The Bertz CT molecular complexity index is 290. The molecular weight excluding hydrogens is 234 g/mol. The maximum Gasteiger partial charge on any atom is 0.137 e. The summed E-state index contributed by atoms with van der Waals surface area (Å²) in [6.07, 6.45) is 4.15. The van der Waals surface area contributed by atoms with Crippen LogP contribution >= 0.6 is 0 Å². The van der Waals surface area contributed by atoms with Crippen molar-refractivity contribution in [2.75, 3.05) is 13.1 Å². The molecule has 2 unspecified atom stereocenters. The number of hydrogen-bond acceptors (Lipinski definition) is 2. The minimum atomic E-state index is 0.270. The molecule has 1 rings (SSSR count). The molecule has 19 heavy (non-hydrogen) atoms. The lowest BCUT2D eigenvalue weighted by atomic mass is 9.68. The Hall–Kier alpha value is -0.370. The molecule has 0 aliphatic heterocycles. The minimum Gasteiger partial charge on any atom is -0.300 e. The summed E-state index contributed by atoms with van der Waals surface area (Å²) in [4.78, 5) is 14.7. The van der Waals surface area contributed by atoms with Crippen LogP contribution in [-0.4, -0.2) is 29.8 Å². The zero-order valence-corrected chi connectivity index (χ0v) is 13.8. The number of carbonyl (C=O) groups is 1. The van der Waals surface area contributed by atoms with Crippen molar-refractivity contribution in [1.29, 1.82) is 0 Å². The maximum atomic E-state index is 12.2. The van der Waals surface area contributed by atoms with Gasteiger partial charge in [0.25, 0.3) is 0 Å². The molecule has 1 fully saturated rings. The van der Waals surface area contributed by atoms with Gasteiger partial charge in [0.05, 0.1) is 0 Å². The average Bonchev–Trinajstić information content (AvgIpc) is 2.29. The molecule has 1 saturated carbocycles. The number of ketones is 1. The van der Waals surface area contributed by atoms with Crippen LogP contribution in [0.4, 0.5) is 0 Å². The van der Waals surface area contributed by atoms with Crippen molar-refractivity contribution in [2.45, 2.75) is 73.3 Å². The monoisotopic (exact) mass is 267 g/mol. The van der Waals surface area contributed by atoms with Crippen LogP contribution < -0.4 is 0 Å². The minimum absolute atomic E-state index is 0.270. The summed E-state index contributed by atoms with van der Waals surface area (Å²) in [5, 5.41) is 0. The standard InChI is InChI=1S/C17H33NO/c1-7-10-18(13(2)3)12-14-11-15(17(4,5)6)8-9-16(14)19/h13-15H,7-12H2,1-6H3. The molecule has 0 heterocycles. The van der Waals surface area contributed by atoms with Gasteiger partial charge in [-0.05, 0) is 51.0 Å². The molecule has 0 saturated heterocycles. The van der Waals surface area contributed by atoms with Crippen LogP contribution in [0, 0.1) is 17.3 Å². The van der Waals surface area contributed by atoms with Crippen LogP contribution in [0.25, 0.3) is 0 Å². The van der Waals surface area contributed by atoms with Crippen LogP contribution in [0.1, 0.15) is 67.2 Å². The highest BCUT2D eigenvalue weighted by atomic mass is 16.1. The lowest BCUT2D eigenvalue weighted by Crippen LogP contribution is -2.42. The van der Waals surface area contributed by atoms with Crippen LogP contribution in [0.5, 0.6) is 0 Å². The summed E-state index contributed by atoms with van der Waals surface area (Å²) in [5.41, 5.74) is 0.340. The molecule has 2 heteroatoms. The molecule has 1 aliphatic carbocycles. The lowest BCUT2D eigenvalue weighted by molar-refractivity contribution is -0.127. The average molecular weight is 267 g/mol. The van der Waals surface area contributed by atoms with Gasteiger partial charge in [0.2, 0.25) is 0 Å². The first kappa shape index (κ1) is 16.7. The fraction of sp³-hybridized carbons (Fsp3) is 0.941. The zero-order chi connectivity index (χ0) is 14.6. The fourth-order valence-corrected chi connectivity index (χ4v) is 3.21. The quantitative estimate of drug-likeness (QED) is 0.746. The van der Waals surface area contributed by atoms with Gasteiger partial charge >= 0.3 is 0 Å². The highest BCUT2D eigenvalue weighted by molar-refractivity contribution is 5.82. The largest absolute Gasteiger partial charge is 0.300 e. The van der Waals surface area contributed by atoms with Crippen molar-refractivity contribution >= 4 is 5.78 Å². The van der Waals surface area contributed by atoms with Crippen molar-refractivity contribution in [3.63, 3.8) is 0 Å². The molecule has 0 N–H and O–H groups in total. The van der Waals surface area contributed by atoms with Crippen LogP contribution in [0.2, 0.25) is 0 Å². The van der Waals surface area contributed by atoms with E-state index in [4.69, 9.17) is 0 Å². The topological polar surface area (TPSA) is 20.3 Å². The van der Waals surface area contributed by atoms with Gasteiger partial charge < -0.3 is 4.90 Å². The second-order valence-electron chi connectivity index (χ2n) is 7.59. The van der Waals surface area contributed by atoms with E-state index in [2.05, 4.69) is 46.4 Å². The van der Waals surface area contributed by atoms with Crippen molar-refractivity contribution in [3.05, 3.63) is 0 Å². The Balaban J connectivity index is 2.66. The normalized spacial score (nSPS) is 25.4. The maximum absolute atomic E-state index is 12.2. The predicted octanol–water partition coefficient (Wildman–Crippen LogP) is 4.14. The van der Waals surface area contributed by atoms with E-state index < -0.39 is 0 Å². The van der Waals surface area contributed by atoms with Gasteiger partial charge in [-0.2, -0.15) is 0 Å². The molecule has 112 valence electrons. The number of hydrogen-bond donors (Lipinski definition) is 0. The van der Waals surface area contributed by atoms with E-state index in [-0.39, 0.29) is 5.92 Å². The molecule has 2 atom stereocenters. The van der Waals surface area contributed by atoms with Gasteiger partial charge in [0.1, 0.15) is 5.78 Å². The third-order valence-electron chi connectivity index (χ3n) is 4.68. The molecule has 0 amide bonds. The Morgan fingerprint density at radius 3 is 2.42 bits per heavy atom. The van der Waals surface area contributed by atoms with E-state index in [1.54, 1.807) is 0 Å². The van der Waals surface area contributed by atoms with Crippen LogP contribution in [0.15, 0.2) is 0 Å². The van der Waals surface area contributed by atoms with Crippen molar-refractivity contribution in [2.24, 2.45) is 17.3 Å². The molecule has 0 spiro atoms. The number of rotatable bonds is 5. The summed E-state index contributed by atoms with van der Waals surface area (Å²) in [5.74, 6) is 1.47. The second kappa shape index (κ2) is 6.88. The summed E-state index contributed by atoms with van der Waals surface area (Å²) in [6.45, 7) is 15.7. The van der Waals surface area contributed by atoms with Gasteiger partial charge in [0, 0.05) is 24.9 Å². The Morgan fingerprint density at radius 1 is 1.32 bits per heavy atom. The van der Waals surface area contributed by atoms with Gasteiger partial charge in [-0.25, -0.2) is 0 Å². The van der Waals surface area contributed by atoms with E-state index in [9.17, 15) is 4.79 Å². The van der Waals surface area contributed by atoms with E-state index in [1.807, 2.05) is 0 Å². The van der Waals surface area contributed by atoms with E-state index in [0.717, 1.165) is 32.4 Å².